The van der Waals surface area contributed by atoms with Crippen LogP contribution in [-0.2, 0) is 22.5 Å². The van der Waals surface area contributed by atoms with Crippen LogP contribution in [0.3, 0.4) is 0 Å². The van der Waals surface area contributed by atoms with Crippen LogP contribution in [-0.4, -0.2) is 51.5 Å². The molecule has 2 heterocycles. The Bertz CT molecular complexity index is 947. The molecule has 1 saturated heterocycles. The quantitative estimate of drug-likeness (QED) is 0.722. The number of thioether (sulfide) groups is 1. The first kappa shape index (κ1) is 19.8. The zero-order valence-electron chi connectivity index (χ0n) is 17.1. The van der Waals surface area contributed by atoms with E-state index in [1.54, 1.807) is 40.2 Å². The molecule has 7 heteroatoms. The van der Waals surface area contributed by atoms with Crippen molar-refractivity contribution >= 4 is 17.7 Å². The summed E-state index contributed by atoms with van der Waals surface area (Å²) in [4.78, 5) is 14.3. The zero-order chi connectivity index (χ0) is 20.6. The molecule has 4 rings (SSSR count). The molecule has 0 bridgehead atoms. The van der Waals surface area contributed by atoms with E-state index in [-0.39, 0.29) is 5.91 Å². The number of methoxy groups -OCH3 is 4. The molecular formula is C22H25NO5S. The smallest absolute Gasteiger partial charge is 0.234 e. The standard InChI is InChI=1S/C22H25NO5S/c1-25-17-6-5-14(9-18(17)26-2)12-22-16-11-20(28-4)19(27-3)10-15(16)7-8-23(22)21(24)13-29-22/h5-6,9-11H,7-8,12-13H2,1-4H3. The average molecular weight is 416 g/mol. The predicted molar refractivity (Wildman–Crippen MR) is 112 cm³/mol. The first-order valence-corrected chi connectivity index (χ1v) is 10.5. The Morgan fingerprint density at radius 3 is 2.28 bits per heavy atom. The van der Waals surface area contributed by atoms with Gasteiger partial charge in [-0.25, -0.2) is 0 Å². The number of fused-ring (bicyclic) bond motifs is 3. The van der Waals surface area contributed by atoms with Gasteiger partial charge in [0.1, 0.15) is 4.87 Å². The number of carbonyl (C=O) groups excluding carboxylic acids is 1. The highest BCUT2D eigenvalue weighted by atomic mass is 32.2. The van der Waals surface area contributed by atoms with E-state index in [0.29, 0.717) is 36.0 Å². The number of ether oxygens (including phenoxy) is 4. The maximum Gasteiger partial charge on any atom is 0.234 e. The molecule has 2 aliphatic heterocycles. The lowest BCUT2D eigenvalue weighted by Crippen LogP contribution is -2.48. The molecule has 2 aromatic carbocycles. The summed E-state index contributed by atoms with van der Waals surface area (Å²) in [5.74, 6) is 3.42. The topological polar surface area (TPSA) is 57.2 Å². The van der Waals surface area contributed by atoms with Crippen LogP contribution in [0.4, 0.5) is 0 Å². The first-order valence-electron chi connectivity index (χ1n) is 9.47. The Balaban J connectivity index is 1.83. The second kappa shape index (κ2) is 7.71. The van der Waals surface area contributed by atoms with Crippen LogP contribution in [0, 0.1) is 0 Å². The summed E-state index contributed by atoms with van der Waals surface area (Å²) in [6, 6.07) is 10.0. The summed E-state index contributed by atoms with van der Waals surface area (Å²) >= 11 is 1.68. The van der Waals surface area contributed by atoms with Gasteiger partial charge < -0.3 is 23.8 Å². The van der Waals surface area contributed by atoms with E-state index in [1.807, 2.05) is 35.2 Å². The Morgan fingerprint density at radius 1 is 0.931 bits per heavy atom. The maximum absolute atomic E-state index is 12.7. The van der Waals surface area contributed by atoms with Gasteiger partial charge in [0.25, 0.3) is 0 Å². The van der Waals surface area contributed by atoms with Gasteiger partial charge in [-0.15, -0.1) is 11.8 Å². The van der Waals surface area contributed by atoms with Crippen molar-refractivity contribution < 1.29 is 23.7 Å². The molecule has 0 saturated carbocycles. The molecule has 1 atom stereocenters. The molecule has 2 aromatic rings. The Morgan fingerprint density at radius 2 is 1.59 bits per heavy atom. The highest BCUT2D eigenvalue weighted by Crippen LogP contribution is 2.53. The van der Waals surface area contributed by atoms with Crippen molar-refractivity contribution in [2.75, 3.05) is 40.7 Å². The molecule has 154 valence electrons. The summed E-state index contributed by atoms with van der Waals surface area (Å²) in [5.41, 5.74) is 3.39. The zero-order valence-corrected chi connectivity index (χ0v) is 17.9. The predicted octanol–water partition coefficient (Wildman–Crippen LogP) is 3.25. The third kappa shape index (κ3) is 3.17. The van der Waals surface area contributed by atoms with Crippen molar-refractivity contribution in [2.45, 2.75) is 17.7 Å². The summed E-state index contributed by atoms with van der Waals surface area (Å²) < 4.78 is 21.9. The number of amides is 1. The van der Waals surface area contributed by atoms with Gasteiger partial charge in [-0.1, -0.05) is 6.07 Å². The summed E-state index contributed by atoms with van der Waals surface area (Å²) in [6.45, 7) is 0.696. The van der Waals surface area contributed by atoms with Crippen molar-refractivity contribution in [3.63, 3.8) is 0 Å². The van der Waals surface area contributed by atoms with E-state index in [4.69, 9.17) is 18.9 Å². The maximum atomic E-state index is 12.7. The Hall–Kier alpha value is -2.54. The van der Waals surface area contributed by atoms with Gasteiger partial charge in [0, 0.05) is 13.0 Å². The van der Waals surface area contributed by atoms with Gasteiger partial charge in [0.05, 0.1) is 34.2 Å². The van der Waals surface area contributed by atoms with Crippen LogP contribution in [0.15, 0.2) is 30.3 Å². The van der Waals surface area contributed by atoms with Gasteiger partial charge >= 0.3 is 0 Å². The lowest BCUT2D eigenvalue weighted by molar-refractivity contribution is -0.130. The number of hydrogen-bond donors (Lipinski definition) is 0. The Kier molecular flexibility index (Phi) is 5.25. The Labute approximate surface area is 175 Å². The molecule has 0 radical (unpaired) electrons. The first-order chi connectivity index (χ1) is 14.1. The van der Waals surface area contributed by atoms with E-state index >= 15 is 0 Å². The second-order valence-electron chi connectivity index (χ2n) is 7.10. The van der Waals surface area contributed by atoms with Gasteiger partial charge in [0.15, 0.2) is 23.0 Å². The summed E-state index contributed by atoms with van der Waals surface area (Å²) in [5, 5.41) is 0. The molecule has 1 amide bonds. The van der Waals surface area contributed by atoms with E-state index in [0.717, 1.165) is 23.3 Å². The average Bonchev–Trinajstić information content (AvgIpc) is 3.08. The van der Waals surface area contributed by atoms with Crippen molar-refractivity contribution in [3.05, 3.63) is 47.0 Å². The largest absolute Gasteiger partial charge is 0.493 e. The SMILES string of the molecule is COc1ccc(CC23SCC(=O)N2CCc2cc(OC)c(OC)cc23)cc1OC. The number of benzene rings is 2. The molecule has 0 N–H and O–H groups in total. The van der Waals surface area contributed by atoms with Crippen LogP contribution in [0.2, 0.25) is 0 Å². The minimum Gasteiger partial charge on any atom is -0.493 e. The van der Waals surface area contributed by atoms with Crippen molar-refractivity contribution in [1.82, 2.24) is 4.90 Å². The van der Waals surface area contributed by atoms with Crippen molar-refractivity contribution in [1.29, 1.82) is 0 Å². The fourth-order valence-corrected chi connectivity index (χ4v) is 5.78. The minimum absolute atomic E-state index is 0.177. The molecule has 0 spiro atoms. The van der Waals surface area contributed by atoms with Gasteiger partial charge in [-0.2, -0.15) is 0 Å². The summed E-state index contributed by atoms with van der Waals surface area (Å²) in [6.07, 6.45) is 1.47. The molecule has 29 heavy (non-hydrogen) atoms. The minimum atomic E-state index is -0.468. The van der Waals surface area contributed by atoms with Crippen LogP contribution in [0.5, 0.6) is 23.0 Å². The third-order valence-corrected chi connectivity index (χ3v) is 7.15. The molecular weight excluding hydrogens is 390 g/mol. The van der Waals surface area contributed by atoms with Crippen molar-refractivity contribution in [3.8, 4) is 23.0 Å². The van der Waals surface area contributed by atoms with Gasteiger partial charge in [0.2, 0.25) is 5.91 Å². The van der Waals surface area contributed by atoms with Gasteiger partial charge in [-0.3, -0.25) is 4.79 Å². The highest BCUT2D eigenvalue weighted by molar-refractivity contribution is 8.01. The van der Waals surface area contributed by atoms with Crippen LogP contribution in [0.1, 0.15) is 16.7 Å². The normalized spacial score (nSPS) is 20.1. The third-order valence-electron chi connectivity index (χ3n) is 5.70. The van der Waals surface area contributed by atoms with Crippen LogP contribution >= 0.6 is 11.8 Å². The lowest BCUT2D eigenvalue weighted by Gasteiger charge is -2.43. The molecule has 6 nitrogen and oxygen atoms in total. The molecule has 1 unspecified atom stereocenters. The number of carbonyl (C=O) groups is 1. The summed E-state index contributed by atoms with van der Waals surface area (Å²) in [7, 11) is 6.54. The van der Waals surface area contributed by atoms with E-state index in [2.05, 4.69) is 0 Å². The number of rotatable bonds is 6. The fourth-order valence-electron chi connectivity index (χ4n) is 4.30. The second-order valence-corrected chi connectivity index (χ2v) is 8.35. The highest BCUT2D eigenvalue weighted by Gasteiger charge is 2.50. The van der Waals surface area contributed by atoms with Crippen molar-refractivity contribution in [2.24, 2.45) is 0 Å². The number of nitrogens with zero attached hydrogens (tertiary/aromatic N) is 1. The van der Waals surface area contributed by atoms with E-state index < -0.39 is 4.87 Å². The monoisotopic (exact) mass is 415 g/mol. The van der Waals surface area contributed by atoms with Gasteiger partial charge in [-0.05, 0) is 47.4 Å². The molecule has 0 aromatic heterocycles. The number of hydrogen-bond acceptors (Lipinski definition) is 6. The van der Waals surface area contributed by atoms with Crippen LogP contribution < -0.4 is 18.9 Å². The molecule has 1 fully saturated rings. The lowest BCUT2D eigenvalue weighted by atomic mass is 9.87. The van der Waals surface area contributed by atoms with E-state index in [1.165, 1.54) is 5.56 Å². The molecule has 2 aliphatic rings. The fraction of sp³-hybridized carbons (Fsp3) is 0.409. The van der Waals surface area contributed by atoms with E-state index in [9.17, 15) is 4.79 Å². The molecule has 0 aliphatic carbocycles. The van der Waals surface area contributed by atoms with Crippen LogP contribution in [0.25, 0.3) is 0 Å².